The molecular weight excluding hydrogens is 206 g/mol. The van der Waals surface area contributed by atoms with Crippen LogP contribution in [0.3, 0.4) is 0 Å². The van der Waals surface area contributed by atoms with Crippen LogP contribution < -0.4 is 11.2 Å². The molecule has 0 bridgehead atoms. The maximum atomic E-state index is 12.0. The van der Waals surface area contributed by atoms with E-state index in [2.05, 4.69) is 4.98 Å². The average Bonchev–Trinajstić information content (AvgIpc) is 2.77. The van der Waals surface area contributed by atoms with Crippen molar-refractivity contribution in [2.24, 2.45) is 11.7 Å². The Labute approximate surface area is 93.3 Å². The number of aromatic amines is 1. The fourth-order valence-corrected chi connectivity index (χ4v) is 1.96. The molecule has 5 heteroatoms. The van der Waals surface area contributed by atoms with E-state index >= 15 is 0 Å². The lowest BCUT2D eigenvalue weighted by Crippen LogP contribution is -2.33. The van der Waals surface area contributed by atoms with Crippen LogP contribution in [0, 0.1) is 5.92 Å². The van der Waals surface area contributed by atoms with E-state index in [9.17, 15) is 9.59 Å². The fraction of sp³-hybridized carbons (Fsp3) is 0.455. The summed E-state index contributed by atoms with van der Waals surface area (Å²) in [6.45, 7) is 1.94. The molecule has 0 spiro atoms. The number of pyridine rings is 1. The summed E-state index contributed by atoms with van der Waals surface area (Å²) in [5.41, 5.74) is 5.53. The van der Waals surface area contributed by atoms with Gasteiger partial charge in [-0.2, -0.15) is 0 Å². The van der Waals surface area contributed by atoms with Crippen LogP contribution in [0.2, 0.25) is 0 Å². The van der Waals surface area contributed by atoms with Crippen molar-refractivity contribution >= 4 is 5.91 Å². The second-order valence-corrected chi connectivity index (χ2v) is 4.06. The molecule has 2 heterocycles. The van der Waals surface area contributed by atoms with E-state index in [1.54, 1.807) is 4.90 Å². The van der Waals surface area contributed by atoms with Crippen LogP contribution in [0.15, 0.2) is 23.3 Å². The lowest BCUT2D eigenvalue weighted by atomic mass is 10.1. The molecule has 86 valence electrons. The highest BCUT2D eigenvalue weighted by Gasteiger charge is 2.26. The van der Waals surface area contributed by atoms with Gasteiger partial charge in [0.25, 0.3) is 5.91 Å². The number of carbonyl (C=O) groups is 1. The van der Waals surface area contributed by atoms with Crippen LogP contribution in [0.4, 0.5) is 0 Å². The van der Waals surface area contributed by atoms with Crippen molar-refractivity contribution in [3.63, 3.8) is 0 Å². The first-order valence-corrected chi connectivity index (χ1v) is 5.39. The van der Waals surface area contributed by atoms with Gasteiger partial charge in [0.2, 0.25) is 0 Å². The van der Waals surface area contributed by atoms with Crippen molar-refractivity contribution in [1.82, 2.24) is 9.88 Å². The lowest BCUT2D eigenvalue weighted by molar-refractivity contribution is 0.0786. The Kier molecular flexibility index (Phi) is 3.05. The van der Waals surface area contributed by atoms with Crippen LogP contribution in [-0.2, 0) is 0 Å². The highest BCUT2D eigenvalue weighted by atomic mass is 16.2. The number of aromatic nitrogens is 1. The first-order valence-electron chi connectivity index (χ1n) is 5.39. The summed E-state index contributed by atoms with van der Waals surface area (Å²) in [4.78, 5) is 27.9. The monoisotopic (exact) mass is 221 g/mol. The summed E-state index contributed by atoms with van der Waals surface area (Å²) in [5, 5.41) is 0. The van der Waals surface area contributed by atoms with Gasteiger partial charge in [0.1, 0.15) is 5.56 Å². The molecule has 0 aromatic carbocycles. The molecule has 1 aliphatic rings. The smallest absolute Gasteiger partial charge is 0.259 e. The zero-order valence-electron chi connectivity index (χ0n) is 8.98. The van der Waals surface area contributed by atoms with Gasteiger partial charge in [-0.1, -0.05) is 0 Å². The van der Waals surface area contributed by atoms with Gasteiger partial charge in [0, 0.05) is 31.5 Å². The SMILES string of the molecule is NCC1CCN(C(=O)c2c[nH]ccc2=O)C1. The Morgan fingerprint density at radius 2 is 2.44 bits per heavy atom. The van der Waals surface area contributed by atoms with Crippen LogP contribution in [0.5, 0.6) is 0 Å². The van der Waals surface area contributed by atoms with Crippen LogP contribution >= 0.6 is 0 Å². The Balaban J connectivity index is 2.15. The number of nitrogens with two attached hydrogens (primary N) is 1. The summed E-state index contributed by atoms with van der Waals surface area (Å²) in [6, 6.07) is 1.36. The molecule has 1 aromatic rings. The van der Waals surface area contributed by atoms with E-state index in [-0.39, 0.29) is 16.9 Å². The Hall–Kier alpha value is -1.62. The minimum Gasteiger partial charge on any atom is -0.367 e. The first-order chi connectivity index (χ1) is 7.72. The standard InChI is InChI=1S/C11H15N3O2/c12-5-8-2-4-14(7-8)11(16)9-6-13-3-1-10(9)15/h1,3,6,8H,2,4-5,7,12H2,(H,13,15). The third kappa shape index (κ3) is 1.99. The minimum atomic E-state index is -0.236. The number of hydrogen-bond acceptors (Lipinski definition) is 3. The van der Waals surface area contributed by atoms with Crippen LogP contribution in [-0.4, -0.2) is 35.4 Å². The van der Waals surface area contributed by atoms with Crippen LogP contribution in [0.25, 0.3) is 0 Å². The quantitative estimate of drug-likeness (QED) is 0.725. The summed E-state index contributed by atoms with van der Waals surface area (Å²) < 4.78 is 0. The number of hydrogen-bond donors (Lipinski definition) is 2. The fourth-order valence-electron chi connectivity index (χ4n) is 1.96. The molecule has 2 rings (SSSR count). The van der Waals surface area contributed by atoms with E-state index < -0.39 is 0 Å². The van der Waals surface area contributed by atoms with Crippen LogP contribution in [0.1, 0.15) is 16.8 Å². The summed E-state index contributed by atoms with van der Waals surface area (Å²) >= 11 is 0. The first kappa shape index (κ1) is 10.9. The molecule has 1 saturated heterocycles. The van der Waals surface area contributed by atoms with Crippen molar-refractivity contribution in [2.45, 2.75) is 6.42 Å². The van der Waals surface area contributed by atoms with E-state index in [0.717, 1.165) is 6.42 Å². The van der Waals surface area contributed by atoms with Crippen molar-refractivity contribution in [1.29, 1.82) is 0 Å². The van der Waals surface area contributed by atoms with E-state index in [1.807, 2.05) is 0 Å². The van der Waals surface area contributed by atoms with Crippen molar-refractivity contribution < 1.29 is 4.79 Å². The third-order valence-electron chi connectivity index (χ3n) is 2.96. The lowest BCUT2D eigenvalue weighted by Gasteiger charge is -2.15. The number of nitrogens with one attached hydrogen (secondary N) is 1. The summed E-state index contributed by atoms with van der Waals surface area (Å²) in [6.07, 6.45) is 3.90. The molecule has 3 N–H and O–H groups in total. The minimum absolute atomic E-state index is 0.196. The topological polar surface area (TPSA) is 79.2 Å². The number of carbonyl (C=O) groups excluding carboxylic acids is 1. The molecule has 16 heavy (non-hydrogen) atoms. The summed E-state index contributed by atoms with van der Waals surface area (Å²) in [7, 11) is 0. The molecule has 0 aliphatic carbocycles. The third-order valence-corrected chi connectivity index (χ3v) is 2.96. The molecule has 1 unspecified atom stereocenters. The second-order valence-electron chi connectivity index (χ2n) is 4.06. The molecule has 1 amide bonds. The Bertz CT molecular complexity index is 441. The molecule has 5 nitrogen and oxygen atoms in total. The van der Waals surface area contributed by atoms with Crippen molar-refractivity contribution in [3.05, 3.63) is 34.2 Å². The van der Waals surface area contributed by atoms with E-state index in [0.29, 0.717) is 25.6 Å². The van der Waals surface area contributed by atoms with Gasteiger partial charge in [-0.15, -0.1) is 0 Å². The number of nitrogens with zero attached hydrogens (tertiary/aromatic N) is 1. The molecule has 0 radical (unpaired) electrons. The molecule has 1 atom stereocenters. The van der Waals surface area contributed by atoms with Gasteiger partial charge >= 0.3 is 0 Å². The maximum Gasteiger partial charge on any atom is 0.259 e. The van der Waals surface area contributed by atoms with Crippen molar-refractivity contribution in [3.8, 4) is 0 Å². The number of H-pyrrole nitrogens is 1. The van der Waals surface area contributed by atoms with Crippen molar-refractivity contribution in [2.75, 3.05) is 19.6 Å². The van der Waals surface area contributed by atoms with Gasteiger partial charge in [-0.05, 0) is 18.9 Å². The molecule has 1 fully saturated rings. The molecule has 1 aromatic heterocycles. The Morgan fingerprint density at radius 3 is 3.06 bits per heavy atom. The van der Waals surface area contributed by atoms with Gasteiger partial charge in [-0.25, -0.2) is 0 Å². The van der Waals surface area contributed by atoms with Gasteiger partial charge < -0.3 is 15.6 Å². The maximum absolute atomic E-state index is 12.0. The van der Waals surface area contributed by atoms with E-state index in [1.165, 1.54) is 18.5 Å². The average molecular weight is 221 g/mol. The summed E-state index contributed by atoms with van der Waals surface area (Å²) in [5.74, 6) is 0.171. The zero-order valence-corrected chi connectivity index (χ0v) is 8.98. The highest BCUT2D eigenvalue weighted by molar-refractivity contribution is 5.93. The largest absolute Gasteiger partial charge is 0.367 e. The molecule has 1 aliphatic heterocycles. The number of rotatable bonds is 2. The predicted molar refractivity (Wildman–Crippen MR) is 60.1 cm³/mol. The van der Waals surface area contributed by atoms with Gasteiger partial charge in [0.05, 0.1) is 0 Å². The number of amides is 1. The molecule has 0 saturated carbocycles. The normalized spacial score (nSPS) is 20.1. The predicted octanol–water partition coefficient (Wildman–Crippen LogP) is -0.204. The van der Waals surface area contributed by atoms with E-state index in [4.69, 9.17) is 5.73 Å². The molecular formula is C11H15N3O2. The highest BCUT2D eigenvalue weighted by Crippen LogP contribution is 2.16. The number of likely N-dealkylation sites (tertiary alicyclic amines) is 1. The van der Waals surface area contributed by atoms with Gasteiger partial charge in [0.15, 0.2) is 5.43 Å². The second kappa shape index (κ2) is 4.49. The zero-order chi connectivity index (χ0) is 11.5. The Morgan fingerprint density at radius 1 is 1.62 bits per heavy atom. The van der Waals surface area contributed by atoms with Gasteiger partial charge in [-0.3, -0.25) is 9.59 Å².